The quantitative estimate of drug-likeness (QED) is 0.586. The van der Waals surface area contributed by atoms with Crippen LogP contribution in [-0.4, -0.2) is 13.2 Å². The van der Waals surface area contributed by atoms with Crippen molar-refractivity contribution >= 4 is 11.6 Å². The highest BCUT2D eigenvalue weighted by Crippen LogP contribution is 2.26. The Bertz CT molecular complexity index is 339. The molecule has 1 rings (SSSR count). The Balaban J connectivity index is 2.63. The van der Waals surface area contributed by atoms with E-state index in [1.54, 1.807) is 0 Å². The molecule has 0 saturated carbocycles. The van der Waals surface area contributed by atoms with E-state index in [9.17, 15) is 0 Å². The molecule has 0 amide bonds. The maximum absolute atomic E-state index is 6.10. The number of benzene rings is 1. The first-order valence-electron chi connectivity index (χ1n) is 5.50. The maximum atomic E-state index is 6.10. The second-order valence-corrected chi connectivity index (χ2v) is 3.94. The molecule has 1 aromatic carbocycles. The third-order valence-electron chi connectivity index (χ3n) is 2.28. The number of unbranched alkanes of at least 4 members (excludes halogenated alkanes) is 1. The fourth-order valence-corrected chi connectivity index (χ4v) is 1.73. The second-order valence-electron chi connectivity index (χ2n) is 3.53. The first kappa shape index (κ1) is 13.1. The maximum Gasteiger partial charge on any atom is 0.124 e. The summed E-state index contributed by atoms with van der Waals surface area (Å²) >= 11 is 6.10. The van der Waals surface area contributed by atoms with Gasteiger partial charge in [0.1, 0.15) is 5.75 Å². The van der Waals surface area contributed by atoms with Crippen LogP contribution in [0.1, 0.15) is 18.4 Å². The van der Waals surface area contributed by atoms with Crippen molar-refractivity contribution in [3.63, 3.8) is 0 Å². The van der Waals surface area contributed by atoms with Gasteiger partial charge in [-0.05, 0) is 37.9 Å². The van der Waals surface area contributed by atoms with Crippen LogP contribution in [0.4, 0.5) is 0 Å². The van der Waals surface area contributed by atoms with Gasteiger partial charge in [0.25, 0.3) is 0 Å². The van der Waals surface area contributed by atoms with E-state index in [4.69, 9.17) is 22.1 Å². The summed E-state index contributed by atoms with van der Waals surface area (Å²) < 4.78 is 5.68. The summed E-state index contributed by atoms with van der Waals surface area (Å²) in [7, 11) is 0. The summed E-state index contributed by atoms with van der Waals surface area (Å²) in [4.78, 5) is 0. The Kier molecular flexibility index (Phi) is 5.98. The van der Waals surface area contributed by atoms with Crippen LogP contribution in [0.15, 0.2) is 30.9 Å². The summed E-state index contributed by atoms with van der Waals surface area (Å²) in [6, 6.07) is 5.69. The lowest BCUT2D eigenvalue weighted by atomic mass is 10.1. The van der Waals surface area contributed by atoms with Crippen LogP contribution in [0.3, 0.4) is 0 Å². The molecule has 88 valence electrons. The van der Waals surface area contributed by atoms with Crippen molar-refractivity contribution in [3.8, 4) is 5.75 Å². The number of hydrogen-bond donors (Lipinski definition) is 1. The minimum Gasteiger partial charge on any atom is -0.493 e. The molecule has 2 N–H and O–H groups in total. The van der Waals surface area contributed by atoms with Gasteiger partial charge < -0.3 is 10.5 Å². The Morgan fingerprint density at radius 3 is 2.94 bits per heavy atom. The number of hydrogen-bond acceptors (Lipinski definition) is 2. The number of allylic oxidation sites excluding steroid dienone is 1. The van der Waals surface area contributed by atoms with Crippen molar-refractivity contribution in [2.45, 2.75) is 19.3 Å². The first-order chi connectivity index (χ1) is 7.79. The molecular formula is C13H18ClNO. The van der Waals surface area contributed by atoms with Gasteiger partial charge in [-0.15, -0.1) is 6.58 Å². The molecule has 0 unspecified atom stereocenters. The summed E-state index contributed by atoms with van der Waals surface area (Å²) in [5.74, 6) is 0.849. The third-order valence-corrected chi connectivity index (χ3v) is 2.63. The van der Waals surface area contributed by atoms with Crippen molar-refractivity contribution < 1.29 is 4.74 Å². The molecule has 0 spiro atoms. The molecule has 0 bridgehead atoms. The first-order valence-corrected chi connectivity index (χ1v) is 5.88. The zero-order valence-electron chi connectivity index (χ0n) is 9.42. The Labute approximate surface area is 102 Å². The SMILES string of the molecule is C=CCCCOc1cccc(Cl)c1CCN. The smallest absolute Gasteiger partial charge is 0.124 e. The molecular weight excluding hydrogens is 222 g/mol. The Hall–Kier alpha value is -0.990. The van der Waals surface area contributed by atoms with E-state index in [2.05, 4.69) is 6.58 Å². The lowest BCUT2D eigenvalue weighted by molar-refractivity contribution is 0.309. The normalized spacial score (nSPS) is 10.1. The van der Waals surface area contributed by atoms with Crippen molar-refractivity contribution in [2.24, 2.45) is 5.73 Å². The van der Waals surface area contributed by atoms with Crippen LogP contribution >= 0.6 is 11.6 Å². The van der Waals surface area contributed by atoms with Crippen LogP contribution in [0.2, 0.25) is 5.02 Å². The van der Waals surface area contributed by atoms with E-state index in [0.717, 1.165) is 35.6 Å². The van der Waals surface area contributed by atoms with Gasteiger partial charge >= 0.3 is 0 Å². The van der Waals surface area contributed by atoms with Gasteiger partial charge in [0.15, 0.2) is 0 Å². The zero-order valence-corrected chi connectivity index (χ0v) is 10.2. The van der Waals surface area contributed by atoms with Gasteiger partial charge in [-0.3, -0.25) is 0 Å². The van der Waals surface area contributed by atoms with Gasteiger partial charge in [0, 0.05) is 10.6 Å². The summed E-state index contributed by atoms with van der Waals surface area (Å²) in [5.41, 5.74) is 6.55. The summed E-state index contributed by atoms with van der Waals surface area (Å²) in [6.45, 7) is 4.93. The highest BCUT2D eigenvalue weighted by Gasteiger charge is 2.06. The monoisotopic (exact) mass is 239 g/mol. The second kappa shape index (κ2) is 7.31. The standard InChI is InChI=1S/C13H18ClNO/c1-2-3-4-10-16-13-7-5-6-12(14)11(13)8-9-15/h2,5-7H,1,3-4,8-10,15H2. The molecule has 0 saturated heterocycles. The minimum atomic E-state index is 0.576. The summed E-state index contributed by atoms with van der Waals surface area (Å²) in [5, 5.41) is 0.728. The van der Waals surface area contributed by atoms with E-state index < -0.39 is 0 Å². The van der Waals surface area contributed by atoms with Crippen LogP contribution in [-0.2, 0) is 6.42 Å². The molecule has 0 aliphatic carbocycles. The lowest BCUT2D eigenvalue weighted by Gasteiger charge is -2.11. The highest BCUT2D eigenvalue weighted by molar-refractivity contribution is 6.31. The van der Waals surface area contributed by atoms with Gasteiger partial charge in [-0.2, -0.15) is 0 Å². The Morgan fingerprint density at radius 1 is 1.44 bits per heavy atom. The zero-order chi connectivity index (χ0) is 11.8. The van der Waals surface area contributed by atoms with E-state index in [0.29, 0.717) is 13.2 Å². The fourth-order valence-electron chi connectivity index (χ4n) is 1.47. The lowest BCUT2D eigenvalue weighted by Crippen LogP contribution is -2.06. The molecule has 0 heterocycles. The molecule has 0 radical (unpaired) electrons. The average molecular weight is 240 g/mol. The average Bonchev–Trinajstić information content (AvgIpc) is 2.29. The molecule has 0 aliphatic rings. The molecule has 0 aliphatic heterocycles. The predicted octanol–water partition coefficient (Wildman–Crippen LogP) is 3.19. The highest BCUT2D eigenvalue weighted by atomic mass is 35.5. The van der Waals surface area contributed by atoms with Crippen molar-refractivity contribution in [1.82, 2.24) is 0 Å². The van der Waals surface area contributed by atoms with Gasteiger partial charge in [0.05, 0.1) is 6.61 Å². The summed E-state index contributed by atoms with van der Waals surface area (Å²) in [6.07, 6.45) is 4.57. The van der Waals surface area contributed by atoms with E-state index in [1.165, 1.54) is 0 Å². The predicted molar refractivity (Wildman–Crippen MR) is 69.1 cm³/mol. The molecule has 3 heteroatoms. The molecule has 0 aromatic heterocycles. The number of nitrogens with two attached hydrogens (primary N) is 1. The molecule has 2 nitrogen and oxygen atoms in total. The van der Waals surface area contributed by atoms with E-state index in [1.807, 2.05) is 24.3 Å². The van der Waals surface area contributed by atoms with Crippen molar-refractivity contribution in [1.29, 1.82) is 0 Å². The molecule has 1 aromatic rings. The minimum absolute atomic E-state index is 0.576. The Morgan fingerprint density at radius 2 is 2.25 bits per heavy atom. The van der Waals surface area contributed by atoms with Crippen LogP contribution in [0, 0.1) is 0 Å². The number of halogens is 1. The van der Waals surface area contributed by atoms with Crippen LogP contribution < -0.4 is 10.5 Å². The molecule has 0 atom stereocenters. The van der Waals surface area contributed by atoms with Crippen LogP contribution in [0.5, 0.6) is 5.75 Å². The van der Waals surface area contributed by atoms with Crippen molar-refractivity contribution in [3.05, 3.63) is 41.4 Å². The van der Waals surface area contributed by atoms with Gasteiger partial charge in [0.2, 0.25) is 0 Å². The number of rotatable bonds is 7. The topological polar surface area (TPSA) is 35.2 Å². The molecule has 16 heavy (non-hydrogen) atoms. The van der Waals surface area contributed by atoms with Crippen molar-refractivity contribution in [2.75, 3.05) is 13.2 Å². The van der Waals surface area contributed by atoms with Gasteiger partial charge in [-0.25, -0.2) is 0 Å². The third kappa shape index (κ3) is 3.87. The van der Waals surface area contributed by atoms with E-state index >= 15 is 0 Å². The van der Waals surface area contributed by atoms with Crippen LogP contribution in [0.25, 0.3) is 0 Å². The number of ether oxygens (including phenoxy) is 1. The van der Waals surface area contributed by atoms with Gasteiger partial charge in [-0.1, -0.05) is 23.7 Å². The fraction of sp³-hybridized carbons (Fsp3) is 0.385. The largest absolute Gasteiger partial charge is 0.493 e. The molecule has 0 fully saturated rings. The van der Waals surface area contributed by atoms with E-state index in [-0.39, 0.29) is 0 Å².